The molecule has 22 heavy (non-hydrogen) atoms. The highest BCUT2D eigenvalue weighted by atomic mass is 35.5. The third-order valence-corrected chi connectivity index (χ3v) is 3.88. The minimum absolute atomic E-state index is 0.00371. The van der Waals surface area contributed by atoms with E-state index in [4.69, 9.17) is 40.5 Å². The summed E-state index contributed by atoms with van der Waals surface area (Å²) < 4.78 is 0. The highest BCUT2D eigenvalue weighted by molar-refractivity contribution is 6.46. The third-order valence-electron chi connectivity index (χ3n) is 2.74. The van der Waals surface area contributed by atoms with E-state index in [2.05, 4.69) is 15.5 Å². The second kappa shape index (κ2) is 6.96. The van der Waals surface area contributed by atoms with Gasteiger partial charge >= 0.3 is 0 Å². The summed E-state index contributed by atoms with van der Waals surface area (Å²) in [5, 5.41) is 3.66. The van der Waals surface area contributed by atoms with Crippen molar-refractivity contribution in [3.63, 3.8) is 0 Å². The molecule has 114 valence electrons. The van der Waals surface area contributed by atoms with E-state index in [1.54, 1.807) is 0 Å². The number of aromatic nitrogens is 1. The lowest BCUT2D eigenvalue weighted by Gasteiger charge is -2.07. The third kappa shape index (κ3) is 3.68. The number of nitrogens with zero attached hydrogens (tertiary/aromatic N) is 2. The van der Waals surface area contributed by atoms with E-state index in [9.17, 15) is 4.79 Å². The number of carbonyl (C=O) groups excluding carboxylic acids is 1. The van der Waals surface area contributed by atoms with Crippen LogP contribution in [0.15, 0.2) is 29.4 Å². The molecule has 0 saturated carbocycles. The van der Waals surface area contributed by atoms with Gasteiger partial charge in [-0.3, -0.25) is 4.79 Å². The summed E-state index contributed by atoms with van der Waals surface area (Å²) in [7, 11) is 0. The Balaban J connectivity index is 2.15. The first-order valence-corrected chi connectivity index (χ1v) is 7.23. The van der Waals surface area contributed by atoms with Crippen molar-refractivity contribution in [2.24, 2.45) is 5.10 Å². The lowest BCUT2D eigenvalue weighted by Crippen LogP contribution is -2.20. The molecule has 1 amide bonds. The molecule has 0 unspecified atom stereocenters. The van der Waals surface area contributed by atoms with Crippen LogP contribution in [0, 0.1) is 6.92 Å². The number of amides is 1. The summed E-state index contributed by atoms with van der Waals surface area (Å²) in [6.07, 6.45) is 1.49. The molecule has 2 rings (SSSR count). The molecule has 8 heteroatoms. The SMILES string of the molecule is Cc1ccc(/C=N/NC(=O)c2nc(Cl)c(Cl)c(N)c2Cl)cc1. The number of hydrazone groups is 1. The monoisotopic (exact) mass is 356 g/mol. The number of nitrogens with one attached hydrogen (secondary N) is 1. The molecule has 0 fully saturated rings. The Morgan fingerprint density at radius 2 is 1.86 bits per heavy atom. The zero-order valence-corrected chi connectivity index (χ0v) is 13.7. The second-order valence-corrected chi connectivity index (χ2v) is 5.52. The minimum Gasteiger partial charge on any atom is -0.396 e. The van der Waals surface area contributed by atoms with Crippen LogP contribution in [0.25, 0.3) is 0 Å². The van der Waals surface area contributed by atoms with Gasteiger partial charge in [-0.1, -0.05) is 64.6 Å². The van der Waals surface area contributed by atoms with Gasteiger partial charge in [0.25, 0.3) is 5.91 Å². The quantitative estimate of drug-likeness (QED) is 0.499. The number of nitrogen functional groups attached to an aromatic ring is 1. The topological polar surface area (TPSA) is 80.4 Å². The summed E-state index contributed by atoms with van der Waals surface area (Å²) >= 11 is 17.5. The number of carbonyl (C=O) groups is 1. The summed E-state index contributed by atoms with van der Waals surface area (Å²) in [6, 6.07) is 7.60. The van der Waals surface area contributed by atoms with Gasteiger partial charge in [0.05, 0.1) is 16.9 Å². The van der Waals surface area contributed by atoms with Gasteiger partial charge in [-0.2, -0.15) is 5.10 Å². The number of halogens is 3. The van der Waals surface area contributed by atoms with Crippen molar-refractivity contribution in [1.82, 2.24) is 10.4 Å². The van der Waals surface area contributed by atoms with Gasteiger partial charge < -0.3 is 5.73 Å². The number of benzene rings is 1. The largest absolute Gasteiger partial charge is 0.396 e. The zero-order chi connectivity index (χ0) is 16.3. The maximum absolute atomic E-state index is 12.0. The van der Waals surface area contributed by atoms with E-state index >= 15 is 0 Å². The standard InChI is InChI=1S/C14H11Cl3N4O/c1-7-2-4-8(5-3-7)6-19-21-14(22)12-9(15)11(18)10(16)13(17)20-12/h2-6H,1H3,(H2,18,20)(H,21,22)/b19-6+. The fourth-order valence-corrected chi connectivity index (χ4v) is 2.15. The van der Waals surface area contributed by atoms with Gasteiger partial charge in [0, 0.05) is 0 Å². The maximum Gasteiger partial charge on any atom is 0.291 e. The average molecular weight is 358 g/mol. The van der Waals surface area contributed by atoms with Crippen LogP contribution in [0.2, 0.25) is 15.2 Å². The fraction of sp³-hybridized carbons (Fsp3) is 0.0714. The lowest BCUT2D eigenvalue weighted by atomic mass is 10.2. The van der Waals surface area contributed by atoms with Crippen LogP contribution in [0.1, 0.15) is 21.6 Å². The van der Waals surface area contributed by atoms with Gasteiger partial charge in [-0.15, -0.1) is 0 Å². The van der Waals surface area contributed by atoms with Gasteiger partial charge in [-0.25, -0.2) is 10.4 Å². The first-order valence-electron chi connectivity index (χ1n) is 6.10. The molecule has 1 aromatic heterocycles. The van der Waals surface area contributed by atoms with E-state index in [-0.39, 0.29) is 26.6 Å². The van der Waals surface area contributed by atoms with Crippen molar-refractivity contribution in [3.8, 4) is 0 Å². The van der Waals surface area contributed by atoms with Crippen LogP contribution < -0.4 is 11.2 Å². The number of nitrogens with two attached hydrogens (primary N) is 1. The van der Waals surface area contributed by atoms with E-state index in [0.29, 0.717) is 0 Å². The van der Waals surface area contributed by atoms with Crippen molar-refractivity contribution in [3.05, 3.63) is 56.3 Å². The molecule has 0 aliphatic carbocycles. The molecule has 0 spiro atoms. The molecule has 0 radical (unpaired) electrons. The Labute approximate surface area is 142 Å². The Morgan fingerprint density at radius 3 is 2.50 bits per heavy atom. The van der Waals surface area contributed by atoms with Crippen molar-refractivity contribution in [2.75, 3.05) is 5.73 Å². The summed E-state index contributed by atoms with van der Waals surface area (Å²) in [5.74, 6) is -0.640. The first-order chi connectivity index (χ1) is 10.4. The fourth-order valence-electron chi connectivity index (χ4n) is 1.55. The molecule has 3 N–H and O–H groups in total. The number of hydrogen-bond acceptors (Lipinski definition) is 4. The lowest BCUT2D eigenvalue weighted by molar-refractivity contribution is 0.0950. The van der Waals surface area contributed by atoms with Crippen molar-refractivity contribution in [2.45, 2.75) is 6.92 Å². The highest BCUT2D eigenvalue weighted by Gasteiger charge is 2.19. The van der Waals surface area contributed by atoms with Gasteiger partial charge in [-0.05, 0) is 12.5 Å². The van der Waals surface area contributed by atoms with Crippen molar-refractivity contribution >= 4 is 52.6 Å². The molecule has 0 aliphatic rings. The van der Waals surface area contributed by atoms with Crippen molar-refractivity contribution in [1.29, 1.82) is 0 Å². The normalized spacial score (nSPS) is 10.9. The minimum atomic E-state index is -0.640. The van der Waals surface area contributed by atoms with E-state index in [1.165, 1.54) is 6.21 Å². The molecule has 1 aromatic carbocycles. The van der Waals surface area contributed by atoms with Crippen molar-refractivity contribution < 1.29 is 4.79 Å². The van der Waals surface area contributed by atoms with Gasteiger partial charge in [0.2, 0.25) is 0 Å². The predicted molar refractivity (Wildman–Crippen MR) is 89.9 cm³/mol. The number of hydrogen-bond donors (Lipinski definition) is 2. The number of rotatable bonds is 3. The van der Waals surface area contributed by atoms with Crippen LogP contribution in [0.5, 0.6) is 0 Å². The summed E-state index contributed by atoms with van der Waals surface area (Å²) in [4.78, 5) is 15.8. The molecule has 2 aromatic rings. The van der Waals surface area contributed by atoms with Crippen LogP contribution in [-0.4, -0.2) is 17.1 Å². The van der Waals surface area contributed by atoms with Crippen LogP contribution in [0.4, 0.5) is 5.69 Å². The van der Waals surface area contributed by atoms with Crippen LogP contribution in [-0.2, 0) is 0 Å². The van der Waals surface area contributed by atoms with E-state index in [1.807, 2.05) is 31.2 Å². The predicted octanol–water partition coefficient (Wildman–Crippen LogP) is 3.70. The highest BCUT2D eigenvalue weighted by Crippen LogP contribution is 2.34. The molecule has 1 heterocycles. The van der Waals surface area contributed by atoms with Gasteiger partial charge in [0.1, 0.15) is 5.02 Å². The molecule has 0 bridgehead atoms. The number of pyridine rings is 1. The average Bonchev–Trinajstić information content (AvgIpc) is 2.50. The summed E-state index contributed by atoms with van der Waals surface area (Å²) in [5.41, 5.74) is 9.76. The van der Waals surface area contributed by atoms with E-state index < -0.39 is 5.91 Å². The summed E-state index contributed by atoms with van der Waals surface area (Å²) in [6.45, 7) is 1.98. The van der Waals surface area contributed by atoms with Crippen LogP contribution >= 0.6 is 34.8 Å². The maximum atomic E-state index is 12.0. The smallest absolute Gasteiger partial charge is 0.291 e. The number of aryl methyl sites for hydroxylation is 1. The Bertz CT molecular complexity index is 745. The van der Waals surface area contributed by atoms with Gasteiger partial charge in [0.15, 0.2) is 10.8 Å². The van der Waals surface area contributed by atoms with E-state index in [0.717, 1.165) is 11.1 Å². The molecule has 0 aliphatic heterocycles. The second-order valence-electron chi connectivity index (χ2n) is 4.40. The Kier molecular flexibility index (Phi) is 5.24. The molecular weight excluding hydrogens is 347 g/mol. The van der Waals surface area contributed by atoms with Crippen LogP contribution in [0.3, 0.4) is 0 Å². The molecular formula is C14H11Cl3N4O. The number of anilines is 1. The molecule has 0 atom stereocenters. The molecule has 0 saturated heterocycles. The zero-order valence-electron chi connectivity index (χ0n) is 11.4. The molecule has 5 nitrogen and oxygen atoms in total. The Hall–Kier alpha value is -1.82. The first kappa shape index (κ1) is 16.5. The Morgan fingerprint density at radius 1 is 1.23 bits per heavy atom.